The maximum absolute atomic E-state index is 6.28. The minimum Gasteiger partial charge on any atom is -0.265 e. The fourth-order valence-electron chi connectivity index (χ4n) is 2.70. The largest absolute Gasteiger partial charge is 0.265 e. The van der Waals surface area contributed by atoms with E-state index in [4.69, 9.17) is 23.2 Å². The standard InChI is InChI=1S/C21H15Cl2N5/c1-14-5-7-15(8-6-14)20-26-27-21(16-9-11-24-12-10-16)28(20)25-13-17-18(22)3-2-4-19(17)23/h2-13H,1H3. The molecule has 0 amide bonds. The summed E-state index contributed by atoms with van der Waals surface area (Å²) in [5, 5.41) is 14.4. The second kappa shape index (κ2) is 7.92. The average Bonchev–Trinajstić information content (AvgIpc) is 3.13. The zero-order chi connectivity index (χ0) is 19.5. The van der Waals surface area contributed by atoms with Crippen LogP contribution in [0, 0.1) is 6.92 Å². The van der Waals surface area contributed by atoms with Crippen molar-refractivity contribution in [1.29, 1.82) is 0 Å². The lowest BCUT2D eigenvalue weighted by atomic mass is 10.1. The van der Waals surface area contributed by atoms with E-state index in [0.29, 0.717) is 27.3 Å². The summed E-state index contributed by atoms with van der Waals surface area (Å²) in [7, 11) is 0. The fraction of sp³-hybridized carbons (Fsp3) is 0.0476. The number of aryl methyl sites for hydroxylation is 1. The van der Waals surface area contributed by atoms with E-state index in [-0.39, 0.29) is 0 Å². The maximum Gasteiger partial charge on any atom is 0.185 e. The summed E-state index contributed by atoms with van der Waals surface area (Å²) in [6.45, 7) is 2.04. The highest BCUT2D eigenvalue weighted by atomic mass is 35.5. The summed E-state index contributed by atoms with van der Waals surface area (Å²) in [6.07, 6.45) is 5.03. The molecule has 0 aliphatic heterocycles. The second-order valence-electron chi connectivity index (χ2n) is 6.14. The van der Waals surface area contributed by atoms with Crippen molar-refractivity contribution < 1.29 is 0 Å². The zero-order valence-electron chi connectivity index (χ0n) is 14.9. The van der Waals surface area contributed by atoms with Crippen LogP contribution in [0.25, 0.3) is 22.8 Å². The Balaban J connectivity index is 1.86. The van der Waals surface area contributed by atoms with Crippen LogP contribution in [0.15, 0.2) is 72.1 Å². The Bertz CT molecular complexity index is 1120. The summed E-state index contributed by atoms with van der Waals surface area (Å²) < 4.78 is 1.68. The molecule has 2 aromatic carbocycles. The van der Waals surface area contributed by atoms with Gasteiger partial charge in [0, 0.05) is 29.1 Å². The Kier molecular flexibility index (Phi) is 5.19. The third kappa shape index (κ3) is 3.67. The molecule has 0 aliphatic carbocycles. The minimum atomic E-state index is 0.520. The van der Waals surface area contributed by atoms with Gasteiger partial charge in [0.2, 0.25) is 0 Å². The Morgan fingerprint density at radius 3 is 2.00 bits per heavy atom. The predicted octanol–water partition coefficient (Wildman–Crippen LogP) is 5.50. The van der Waals surface area contributed by atoms with Crippen molar-refractivity contribution in [3.05, 3.63) is 88.2 Å². The van der Waals surface area contributed by atoms with Gasteiger partial charge in [0.1, 0.15) is 0 Å². The molecular formula is C21H15Cl2N5. The minimum absolute atomic E-state index is 0.520. The zero-order valence-corrected chi connectivity index (χ0v) is 16.4. The van der Waals surface area contributed by atoms with Gasteiger partial charge < -0.3 is 0 Å². The topological polar surface area (TPSA) is 56.0 Å². The van der Waals surface area contributed by atoms with E-state index in [1.807, 2.05) is 43.3 Å². The molecule has 2 heterocycles. The highest BCUT2D eigenvalue weighted by molar-refractivity contribution is 6.38. The second-order valence-corrected chi connectivity index (χ2v) is 6.96. The van der Waals surface area contributed by atoms with E-state index in [2.05, 4.69) is 20.3 Å². The van der Waals surface area contributed by atoms with E-state index < -0.39 is 0 Å². The fourth-order valence-corrected chi connectivity index (χ4v) is 3.20. The van der Waals surface area contributed by atoms with Crippen LogP contribution in [-0.2, 0) is 0 Å². The van der Waals surface area contributed by atoms with E-state index in [1.54, 1.807) is 41.5 Å². The summed E-state index contributed by atoms with van der Waals surface area (Å²) in [5.41, 5.74) is 3.55. The summed E-state index contributed by atoms with van der Waals surface area (Å²) >= 11 is 12.6. The Hall–Kier alpha value is -3.02. The van der Waals surface area contributed by atoms with Crippen molar-refractivity contribution in [2.24, 2.45) is 5.10 Å². The number of rotatable bonds is 4. The SMILES string of the molecule is Cc1ccc(-c2nnc(-c3ccncc3)n2N=Cc2c(Cl)cccc2Cl)cc1. The molecule has 4 rings (SSSR count). The first kappa shape index (κ1) is 18.3. The van der Waals surface area contributed by atoms with Crippen molar-refractivity contribution in [2.45, 2.75) is 6.92 Å². The lowest BCUT2D eigenvalue weighted by molar-refractivity contribution is 0.897. The van der Waals surface area contributed by atoms with Crippen LogP contribution in [0.4, 0.5) is 0 Å². The normalized spacial score (nSPS) is 11.2. The number of pyridine rings is 1. The van der Waals surface area contributed by atoms with Crippen LogP contribution < -0.4 is 0 Å². The van der Waals surface area contributed by atoms with Crippen molar-refractivity contribution in [3.8, 4) is 22.8 Å². The number of hydrogen-bond donors (Lipinski definition) is 0. The van der Waals surface area contributed by atoms with E-state index >= 15 is 0 Å². The van der Waals surface area contributed by atoms with Crippen molar-refractivity contribution in [3.63, 3.8) is 0 Å². The summed E-state index contributed by atoms with van der Waals surface area (Å²) in [6, 6.07) is 17.1. The molecule has 0 aliphatic rings. The Labute approximate surface area is 172 Å². The first-order valence-corrected chi connectivity index (χ1v) is 9.30. The van der Waals surface area contributed by atoms with Gasteiger partial charge in [0.15, 0.2) is 11.6 Å². The molecule has 0 spiro atoms. The molecule has 0 radical (unpaired) electrons. The van der Waals surface area contributed by atoms with Gasteiger partial charge in [-0.1, -0.05) is 59.1 Å². The first-order chi connectivity index (χ1) is 13.6. The molecule has 2 aromatic heterocycles. The van der Waals surface area contributed by atoms with Gasteiger partial charge in [0.05, 0.1) is 16.3 Å². The van der Waals surface area contributed by atoms with Gasteiger partial charge in [0.25, 0.3) is 0 Å². The van der Waals surface area contributed by atoms with Crippen molar-refractivity contribution in [2.75, 3.05) is 0 Å². The quantitative estimate of drug-likeness (QED) is 0.419. The summed E-state index contributed by atoms with van der Waals surface area (Å²) in [5.74, 6) is 1.21. The van der Waals surface area contributed by atoms with E-state index in [9.17, 15) is 0 Å². The van der Waals surface area contributed by atoms with Gasteiger partial charge >= 0.3 is 0 Å². The number of hydrogen-bond acceptors (Lipinski definition) is 4. The Morgan fingerprint density at radius 1 is 0.821 bits per heavy atom. The molecule has 0 N–H and O–H groups in total. The van der Waals surface area contributed by atoms with Crippen LogP contribution >= 0.6 is 23.2 Å². The molecule has 0 saturated heterocycles. The third-order valence-electron chi connectivity index (χ3n) is 4.19. The lowest BCUT2D eigenvalue weighted by Crippen LogP contribution is -1.98. The molecule has 138 valence electrons. The molecule has 0 atom stereocenters. The maximum atomic E-state index is 6.28. The van der Waals surface area contributed by atoms with E-state index in [0.717, 1.165) is 16.7 Å². The van der Waals surface area contributed by atoms with Crippen LogP contribution in [-0.4, -0.2) is 26.1 Å². The molecule has 28 heavy (non-hydrogen) atoms. The van der Waals surface area contributed by atoms with Crippen molar-refractivity contribution in [1.82, 2.24) is 19.9 Å². The molecule has 0 unspecified atom stereocenters. The smallest absolute Gasteiger partial charge is 0.185 e. The lowest BCUT2D eigenvalue weighted by Gasteiger charge is -2.06. The van der Waals surface area contributed by atoms with E-state index in [1.165, 1.54) is 0 Å². The van der Waals surface area contributed by atoms with Gasteiger partial charge in [-0.3, -0.25) is 4.98 Å². The first-order valence-electron chi connectivity index (χ1n) is 8.55. The van der Waals surface area contributed by atoms with Gasteiger partial charge in [-0.05, 0) is 31.2 Å². The van der Waals surface area contributed by atoms with Crippen LogP contribution in [0.1, 0.15) is 11.1 Å². The molecule has 5 nitrogen and oxygen atoms in total. The molecule has 0 saturated carbocycles. The predicted molar refractivity (Wildman–Crippen MR) is 113 cm³/mol. The molecular weight excluding hydrogens is 393 g/mol. The van der Waals surface area contributed by atoms with Crippen LogP contribution in [0.3, 0.4) is 0 Å². The van der Waals surface area contributed by atoms with Gasteiger partial charge in [-0.2, -0.15) is 9.78 Å². The van der Waals surface area contributed by atoms with Crippen LogP contribution in [0.5, 0.6) is 0 Å². The Morgan fingerprint density at radius 2 is 1.39 bits per heavy atom. The average molecular weight is 408 g/mol. The van der Waals surface area contributed by atoms with Gasteiger partial charge in [-0.15, -0.1) is 10.2 Å². The molecule has 7 heteroatoms. The van der Waals surface area contributed by atoms with Crippen molar-refractivity contribution >= 4 is 29.4 Å². The molecule has 0 bridgehead atoms. The molecule has 4 aromatic rings. The highest BCUT2D eigenvalue weighted by Crippen LogP contribution is 2.26. The monoisotopic (exact) mass is 407 g/mol. The van der Waals surface area contributed by atoms with Crippen LogP contribution in [0.2, 0.25) is 10.0 Å². The number of benzene rings is 2. The number of halogens is 2. The highest BCUT2D eigenvalue weighted by Gasteiger charge is 2.15. The number of nitrogens with zero attached hydrogens (tertiary/aromatic N) is 5. The third-order valence-corrected chi connectivity index (χ3v) is 4.85. The number of aromatic nitrogens is 4. The van der Waals surface area contributed by atoms with Gasteiger partial charge in [-0.25, -0.2) is 0 Å². The summed E-state index contributed by atoms with van der Waals surface area (Å²) in [4.78, 5) is 4.06. The molecule has 0 fully saturated rings.